The number of hydrogen-bond acceptors (Lipinski definition) is 3. The Morgan fingerprint density at radius 2 is 2.31 bits per heavy atom. The largest absolute Gasteiger partial charge is 0.480 e. The Labute approximate surface area is 94.6 Å². The van der Waals surface area contributed by atoms with Crippen LogP contribution in [0.25, 0.3) is 0 Å². The lowest BCUT2D eigenvalue weighted by Crippen LogP contribution is -2.46. The first kappa shape index (κ1) is 12.8. The van der Waals surface area contributed by atoms with Crippen molar-refractivity contribution in [2.75, 3.05) is 26.8 Å². The molecule has 1 aliphatic rings. The van der Waals surface area contributed by atoms with Crippen LogP contribution in [0.2, 0.25) is 0 Å². The number of ether oxygens (including phenoxy) is 1. The number of carboxylic acids is 1. The molecular formula is C10H18N2O4. The number of carboxylic acid groups (broad SMARTS) is 1. The number of nitrogens with one attached hydrogen (secondary N) is 1. The molecule has 0 radical (unpaired) electrons. The van der Waals surface area contributed by atoms with Gasteiger partial charge in [0, 0.05) is 26.1 Å². The Bertz CT molecular complexity index is 264. The summed E-state index contributed by atoms with van der Waals surface area (Å²) >= 11 is 0. The van der Waals surface area contributed by atoms with E-state index < -0.39 is 12.0 Å². The Balaban J connectivity index is 2.30. The molecule has 92 valence electrons. The van der Waals surface area contributed by atoms with Crippen LogP contribution >= 0.6 is 0 Å². The second kappa shape index (κ2) is 5.69. The lowest BCUT2D eigenvalue weighted by molar-refractivity contribution is -0.141. The van der Waals surface area contributed by atoms with E-state index in [4.69, 9.17) is 9.84 Å². The second-order valence-electron chi connectivity index (χ2n) is 4.04. The van der Waals surface area contributed by atoms with Crippen molar-refractivity contribution in [2.45, 2.75) is 19.4 Å². The van der Waals surface area contributed by atoms with E-state index in [1.54, 1.807) is 0 Å². The summed E-state index contributed by atoms with van der Waals surface area (Å²) < 4.78 is 5.18. The lowest BCUT2D eigenvalue weighted by Gasteiger charge is -2.22. The zero-order valence-electron chi connectivity index (χ0n) is 9.60. The molecule has 2 unspecified atom stereocenters. The van der Waals surface area contributed by atoms with Gasteiger partial charge in [0.2, 0.25) is 0 Å². The SMILES string of the molecule is CC(C(=O)O)N(C)C(=O)NCC1CCOC1. The van der Waals surface area contributed by atoms with Crippen molar-refractivity contribution in [1.29, 1.82) is 0 Å². The van der Waals surface area contributed by atoms with Gasteiger partial charge >= 0.3 is 12.0 Å². The zero-order chi connectivity index (χ0) is 12.1. The average molecular weight is 230 g/mol. The Morgan fingerprint density at radius 1 is 1.62 bits per heavy atom. The molecule has 1 fully saturated rings. The van der Waals surface area contributed by atoms with Crippen molar-refractivity contribution in [3.8, 4) is 0 Å². The maximum atomic E-state index is 11.6. The van der Waals surface area contributed by atoms with Crippen LogP contribution in [-0.2, 0) is 9.53 Å². The van der Waals surface area contributed by atoms with E-state index in [1.807, 2.05) is 0 Å². The minimum absolute atomic E-state index is 0.345. The minimum Gasteiger partial charge on any atom is -0.480 e. The number of carbonyl (C=O) groups is 2. The van der Waals surface area contributed by atoms with Gasteiger partial charge in [-0.1, -0.05) is 0 Å². The topological polar surface area (TPSA) is 78.9 Å². The molecule has 2 atom stereocenters. The van der Waals surface area contributed by atoms with Crippen molar-refractivity contribution in [3.05, 3.63) is 0 Å². The molecule has 0 aromatic heterocycles. The third-order valence-corrected chi connectivity index (χ3v) is 2.82. The molecule has 0 spiro atoms. The van der Waals surface area contributed by atoms with Crippen LogP contribution in [0.1, 0.15) is 13.3 Å². The number of hydrogen-bond donors (Lipinski definition) is 2. The molecule has 1 aliphatic heterocycles. The summed E-state index contributed by atoms with van der Waals surface area (Å²) in [5.74, 6) is -0.667. The van der Waals surface area contributed by atoms with Crippen LogP contribution in [0.5, 0.6) is 0 Å². The monoisotopic (exact) mass is 230 g/mol. The molecule has 6 heteroatoms. The summed E-state index contributed by atoms with van der Waals surface area (Å²) in [5.41, 5.74) is 0. The molecular weight excluding hydrogens is 212 g/mol. The third kappa shape index (κ3) is 3.37. The molecule has 1 heterocycles. The fourth-order valence-electron chi connectivity index (χ4n) is 1.44. The number of carbonyl (C=O) groups excluding carboxylic acids is 1. The van der Waals surface area contributed by atoms with Crippen molar-refractivity contribution < 1.29 is 19.4 Å². The average Bonchev–Trinajstić information content (AvgIpc) is 2.76. The molecule has 1 rings (SSSR count). The van der Waals surface area contributed by atoms with E-state index in [0.29, 0.717) is 19.1 Å². The molecule has 2 amide bonds. The smallest absolute Gasteiger partial charge is 0.326 e. The Morgan fingerprint density at radius 3 is 2.81 bits per heavy atom. The molecule has 1 saturated heterocycles. The van der Waals surface area contributed by atoms with Gasteiger partial charge in [-0.3, -0.25) is 0 Å². The maximum absolute atomic E-state index is 11.6. The second-order valence-corrected chi connectivity index (χ2v) is 4.04. The van der Waals surface area contributed by atoms with Gasteiger partial charge in [-0.05, 0) is 13.3 Å². The summed E-state index contributed by atoms with van der Waals surface area (Å²) in [4.78, 5) is 23.4. The van der Waals surface area contributed by atoms with Gasteiger partial charge in [0.05, 0.1) is 6.61 Å². The number of urea groups is 1. The number of likely N-dealkylation sites (N-methyl/N-ethyl adjacent to an activating group) is 1. The van der Waals surface area contributed by atoms with E-state index in [9.17, 15) is 9.59 Å². The Kier molecular flexibility index (Phi) is 4.54. The van der Waals surface area contributed by atoms with E-state index in [1.165, 1.54) is 18.9 Å². The molecule has 0 aliphatic carbocycles. The van der Waals surface area contributed by atoms with Gasteiger partial charge in [0.1, 0.15) is 6.04 Å². The molecule has 16 heavy (non-hydrogen) atoms. The molecule has 0 aromatic rings. The predicted molar refractivity (Wildman–Crippen MR) is 57.2 cm³/mol. The van der Waals surface area contributed by atoms with Gasteiger partial charge in [-0.25, -0.2) is 9.59 Å². The predicted octanol–water partition coefficient (Wildman–Crippen LogP) is 0.137. The quantitative estimate of drug-likeness (QED) is 0.720. The molecule has 0 saturated carbocycles. The van der Waals surface area contributed by atoms with Crippen molar-refractivity contribution in [3.63, 3.8) is 0 Å². The van der Waals surface area contributed by atoms with Gasteiger partial charge < -0.3 is 20.1 Å². The number of aliphatic carboxylic acids is 1. The van der Waals surface area contributed by atoms with Crippen LogP contribution in [-0.4, -0.2) is 54.9 Å². The summed E-state index contributed by atoms with van der Waals surface area (Å²) in [6.07, 6.45) is 0.943. The summed E-state index contributed by atoms with van der Waals surface area (Å²) in [5, 5.41) is 11.4. The number of nitrogens with zero attached hydrogens (tertiary/aromatic N) is 1. The van der Waals surface area contributed by atoms with Crippen molar-refractivity contribution in [1.82, 2.24) is 10.2 Å². The summed E-state index contributed by atoms with van der Waals surface area (Å²) in [7, 11) is 1.47. The van der Waals surface area contributed by atoms with Gasteiger partial charge in [0.25, 0.3) is 0 Å². The minimum atomic E-state index is -1.01. The first-order chi connectivity index (χ1) is 7.52. The fourth-order valence-corrected chi connectivity index (χ4v) is 1.44. The van der Waals surface area contributed by atoms with Crippen LogP contribution in [0.4, 0.5) is 4.79 Å². The van der Waals surface area contributed by atoms with E-state index in [-0.39, 0.29) is 6.03 Å². The highest BCUT2D eigenvalue weighted by molar-refractivity contribution is 5.82. The van der Waals surface area contributed by atoms with Crippen LogP contribution in [0.3, 0.4) is 0 Å². The van der Waals surface area contributed by atoms with E-state index >= 15 is 0 Å². The highest BCUT2D eigenvalue weighted by Gasteiger charge is 2.23. The van der Waals surface area contributed by atoms with Crippen LogP contribution in [0, 0.1) is 5.92 Å². The van der Waals surface area contributed by atoms with E-state index in [2.05, 4.69) is 5.32 Å². The van der Waals surface area contributed by atoms with Crippen LogP contribution in [0.15, 0.2) is 0 Å². The zero-order valence-corrected chi connectivity index (χ0v) is 9.60. The molecule has 0 bridgehead atoms. The molecule has 6 nitrogen and oxygen atoms in total. The van der Waals surface area contributed by atoms with Crippen molar-refractivity contribution in [2.24, 2.45) is 5.92 Å². The number of rotatable bonds is 4. The Hall–Kier alpha value is -1.30. The maximum Gasteiger partial charge on any atom is 0.326 e. The summed E-state index contributed by atoms with van der Waals surface area (Å²) in [6, 6.07) is -1.18. The first-order valence-electron chi connectivity index (χ1n) is 5.33. The van der Waals surface area contributed by atoms with Gasteiger partial charge in [-0.15, -0.1) is 0 Å². The molecule has 0 aromatic carbocycles. The third-order valence-electron chi connectivity index (χ3n) is 2.82. The molecule has 2 N–H and O–H groups in total. The van der Waals surface area contributed by atoms with Crippen LogP contribution < -0.4 is 5.32 Å². The highest BCUT2D eigenvalue weighted by atomic mass is 16.5. The summed E-state index contributed by atoms with van der Waals surface area (Å²) in [6.45, 7) is 3.41. The van der Waals surface area contributed by atoms with E-state index in [0.717, 1.165) is 13.0 Å². The first-order valence-corrected chi connectivity index (χ1v) is 5.33. The van der Waals surface area contributed by atoms with Gasteiger partial charge in [0.15, 0.2) is 0 Å². The van der Waals surface area contributed by atoms with Crippen molar-refractivity contribution >= 4 is 12.0 Å². The fraction of sp³-hybridized carbons (Fsp3) is 0.800. The highest BCUT2D eigenvalue weighted by Crippen LogP contribution is 2.10. The normalized spacial score (nSPS) is 21.5. The van der Waals surface area contributed by atoms with Gasteiger partial charge in [-0.2, -0.15) is 0 Å². The lowest BCUT2D eigenvalue weighted by atomic mass is 10.1. The number of amides is 2. The standard InChI is InChI=1S/C10H18N2O4/c1-7(9(13)14)12(2)10(15)11-5-8-3-4-16-6-8/h7-8H,3-6H2,1-2H3,(H,11,15)(H,13,14).